The van der Waals surface area contributed by atoms with E-state index in [2.05, 4.69) is 186 Å². The van der Waals surface area contributed by atoms with E-state index < -0.39 is 0 Å². The lowest BCUT2D eigenvalue weighted by Crippen LogP contribution is -2.23. The second kappa shape index (κ2) is 13.2. The van der Waals surface area contributed by atoms with Crippen molar-refractivity contribution < 1.29 is 9.30 Å². The monoisotopic (exact) mass is 709 g/mol. The van der Waals surface area contributed by atoms with Crippen LogP contribution in [0.15, 0.2) is 116 Å². The highest BCUT2D eigenvalue weighted by Gasteiger charge is 2.22. The number of rotatable bonds is 6. The summed E-state index contributed by atoms with van der Waals surface area (Å²) in [6, 6.07) is 33.2. The zero-order valence-corrected chi connectivity index (χ0v) is 33.2. The molecule has 0 unspecified atom stereocenters. The highest BCUT2D eigenvalue weighted by molar-refractivity contribution is 6.14. The molecule has 0 saturated carbocycles. The van der Waals surface area contributed by atoms with Gasteiger partial charge in [0.25, 0.3) is 0 Å². The third kappa shape index (κ3) is 6.28. The number of hydrogen-bond acceptors (Lipinski definition) is 2. The Kier molecular flexibility index (Phi) is 8.56. The summed E-state index contributed by atoms with van der Waals surface area (Å²) in [7, 11) is 2.04. The van der Waals surface area contributed by atoms with Crippen molar-refractivity contribution in [3.63, 3.8) is 0 Å². The molecule has 0 N–H and O–H groups in total. The van der Waals surface area contributed by atoms with Gasteiger partial charge in [-0.15, -0.1) is 0 Å². The van der Waals surface area contributed by atoms with Gasteiger partial charge in [0.05, 0.1) is 18.1 Å². The van der Waals surface area contributed by atoms with Crippen molar-refractivity contribution in [3.8, 4) is 45.3 Å². The molecule has 0 aliphatic carbocycles. The van der Waals surface area contributed by atoms with Gasteiger partial charge in [-0.25, -0.2) is 14.1 Å². The smallest absolute Gasteiger partial charge is 0.248 e. The first-order valence-electron chi connectivity index (χ1n) is 18.8. The van der Waals surface area contributed by atoms with E-state index in [1.54, 1.807) is 0 Å². The van der Waals surface area contributed by atoms with E-state index in [0.29, 0.717) is 0 Å². The van der Waals surface area contributed by atoms with Crippen molar-refractivity contribution in [3.05, 3.63) is 155 Å². The van der Waals surface area contributed by atoms with Gasteiger partial charge >= 0.3 is 0 Å². The highest BCUT2D eigenvalue weighted by Crippen LogP contribution is 2.42. The summed E-state index contributed by atoms with van der Waals surface area (Å²) in [4.78, 5) is 5.04. The van der Waals surface area contributed by atoms with Crippen LogP contribution in [0.2, 0.25) is 0 Å². The van der Waals surface area contributed by atoms with Crippen LogP contribution in [0.3, 0.4) is 0 Å². The number of fused-ring (bicyclic) bond motifs is 3. The van der Waals surface area contributed by atoms with Gasteiger partial charge in [0.15, 0.2) is 0 Å². The molecule has 8 rings (SSSR count). The van der Waals surface area contributed by atoms with Crippen LogP contribution in [0.5, 0.6) is 11.5 Å². The topological polar surface area (TPSA) is 35.9 Å². The standard InChI is InChI=1S/C49H49N4O/c1-30-20-32(3)46(33(4)21-30)36-24-38(52-19-18-51(10)29-52)27-40(25-36)54-39-14-15-41-42-12-11-13-43(47-34(5)22-31(2)23-35(47)6)48(42)53(44(41)28-39)45-26-37(16-17-50-45)49(7,8)9/h11-29H,1-10H3/q+1. The van der Waals surface area contributed by atoms with Crippen LogP contribution in [0.25, 0.3) is 55.6 Å². The average Bonchev–Trinajstić information content (AvgIpc) is 3.68. The average molecular weight is 710 g/mol. The van der Waals surface area contributed by atoms with E-state index in [9.17, 15) is 0 Å². The van der Waals surface area contributed by atoms with Crippen LogP contribution >= 0.6 is 0 Å². The van der Waals surface area contributed by atoms with Gasteiger partial charge in [-0.2, -0.15) is 0 Å². The summed E-state index contributed by atoms with van der Waals surface area (Å²) < 4.78 is 13.4. The van der Waals surface area contributed by atoms with Crippen LogP contribution < -0.4 is 9.30 Å². The molecule has 0 bridgehead atoms. The second-order valence-corrected chi connectivity index (χ2v) is 16.2. The Balaban J connectivity index is 1.36. The van der Waals surface area contributed by atoms with Crippen LogP contribution in [0.4, 0.5) is 0 Å². The summed E-state index contributed by atoms with van der Waals surface area (Å²) in [6.45, 7) is 19.9. The number of nitrogens with zero attached hydrogens (tertiary/aromatic N) is 4. The van der Waals surface area contributed by atoms with E-state index in [1.807, 2.05) is 13.2 Å². The molecule has 0 fully saturated rings. The molecule has 5 heteroatoms. The zero-order chi connectivity index (χ0) is 38.1. The van der Waals surface area contributed by atoms with Gasteiger partial charge in [-0.1, -0.05) is 74.4 Å². The predicted molar refractivity (Wildman–Crippen MR) is 224 cm³/mol. The first kappa shape index (κ1) is 35.1. The van der Waals surface area contributed by atoms with E-state index in [-0.39, 0.29) is 5.41 Å². The van der Waals surface area contributed by atoms with Crippen LogP contribution in [-0.4, -0.2) is 14.1 Å². The minimum absolute atomic E-state index is 0.0364. The van der Waals surface area contributed by atoms with Crippen molar-refractivity contribution in [2.24, 2.45) is 7.05 Å². The van der Waals surface area contributed by atoms with Crippen LogP contribution in [0, 0.1) is 41.5 Å². The lowest BCUT2D eigenvalue weighted by Gasteiger charge is -2.20. The van der Waals surface area contributed by atoms with E-state index >= 15 is 0 Å². The number of aryl methyl sites for hydroxylation is 7. The summed E-state index contributed by atoms with van der Waals surface area (Å²) >= 11 is 0. The van der Waals surface area contributed by atoms with Crippen LogP contribution in [0.1, 0.15) is 59.7 Å². The van der Waals surface area contributed by atoms with Crippen molar-refractivity contribution in [1.29, 1.82) is 0 Å². The molecule has 5 aromatic carbocycles. The number of para-hydroxylation sites is 1. The first-order chi connectivity index (χ1) is 25.7. The Morgan fingerprint density at radius 2 is 1.35 bits per heavy atom. The lowest BCUT2D eigenvalue weighted by atomic mass is 9.88. The van der Waals surface area contributed by atoms with E-state index in [0.717, 1.165) is 45.0 Å². The number of hydrogen-bond donors (Lipinski definition) is 0. The van der Waals surface area contributed by atoms with Gasteiger partial charge < -0.3 is 4.74 Å². The minimum Gasteiger partial charge on any atom is -0.457 e. The number of imidazole rings is 1. The molecule has 0 aliphatic rings. The zero-order valence-electron chi connectivity index (χ0n) is 33.2. The summed E-state index contributed by atoms with van der Waals surface area (Å²) in [5.41, 5.74) is 16.8. The molecule has 8 aromatic rings. The molecule has 0 amide bonds. The summed E-state index contributed by atoms with van der Waals surface area (Å²) in [5, 5.41) is 2.34. The van der Waals surface area contributed by atoms with E-state index in [1.165, 1.54) is 61.0 Å². The molecular weight excluding hydrogens is 661 g/mol. The molecule has 270 valence electrons. The minimum atomic E-state index is -0.0364. The molecule has 0 atom stereocenters. The maximum Gasteiger partial charge on any atom is 0.248 e. The van der Waals surface area contributed by atoms with Gasteiger partial charge in [0.2, 0.25) is 6.33 Å². The largest absolute Gasteiger partial charge is 0.457 e. The Labute approximate surface area is 319 Å². The molecular formula is C49H49N4O+. The van der Waals surface area contributed by atoms with Crippen molar-refractivity contribution >= 4 is 21.8 Å². The first-order valence-corrected chi connectivity index (χ1v) is 18.8. The molecule has 0 spiro atoms. The Hall–Kier alpha value is -5.94. The molecule has 0 aliphatic heterocycles. The number of aromatic nitrogens is 4. The SMILES string of the molecule is Cc1cc(C)c(-c2cc(Oc3ccc4c5cccc(-c6c(C)cc(C)cc6C)c5n(-c5cc(C(C)(C)C)ccn5)c4c3)cc(-n3cc[n+](C)c3)c2)c(C)c1. The molecule has 3 heterocycles. The number of ether oxygens (including phenoxy) is 1. The third-order valence-electron chi connectivity index (χ3n) is 10.7. The fourth-order valence-corrected chi connectivity index (χ4v) is 8.47. The number of benzene rings is 5. The second-order valence-electron chi connectivity index (χ2n) is 16.2. The van der Waals surface area contributed by atoms with Gasteiger partial charge in [-0.05, 0) is 128 Å². The summed E-state index contributed by atoms with van der Waals surface area (Å²) in [5.74, 6) is 2.44. The number of pyridine rings is 1. The van der Waals surface area contributed by atoms with Crippen molar-refractivity contribution in [2.75, 3.05) is 0 Å². The predicted octanol–water partition coefficient (Wildman–Crippen LogP) is 12.1. The molecule has 5 nitrogen and oxygen atoms in total. The fraction of sp³-hybridized carbons (Fsp3) is 0.224. The lowest BCUT2D eigenvalue weighted by molar-refractivity contribution is -0.670. The molecule has 0 radical (unpaired) electrons. The molecule has 3 aromatic heterocycles. The Morgan fingerprint density at radius 1 is 0.667 bits per heavy atom. The Morgan fingerprint density at radius 3 is 2.00 bits per heavy atom. The van der Waals surface area contributed by atoms with Gasteiger partial charge in [-0.3, -0.25) is 4.57 Å². The van der Waals surface area contributed by atoms with E-state index in [4.69, 9.17) is 9.72 Å². The third-order valence-corrected chi connectivity index (χ3v) is 10.7. The maximum atomic E-state index is 6.90. The maximum absolute atomic E-state index is 6.90. The molecule has 0 saturated heterocycles. The quantitative estimate of drug-likeness (QED) is 0.161. The highest BCUT2D eigenvalue weighted by atomic mass is 16.5. The normalized spacial score (nSPS) is 11.9. The van der Waals surface area contributed by atoms with Crippen molar-refractivity contribution in [1.82, 2.24) is 14.1 Å². The molecule has 54 heavy (non-hydrogen) atoms. The summed E-state index contributed by atoms with van der Waals surface area (Å²) in [6.07, 6.45) is 8.16. The van der Waals surface area contributed by atoms with Crippen LogP contribution in [-0.2, 0) is 12.5 Å². The van der Waals surface area contributed by atoms with Gasteiger partial charge in [0.1, 0.15) is 35.4 Å². The Bertz CT molecular complexity index is 2710. The van der Waals surface area contributed by atoms with Crippen molar-refractivity contribution in [2.45, 2.75) is 67.7 Å². The fourth-order valence-electron chi connectivity index (χ4n) is 8.47. The van der Waals surface area contributed by atoms with Gasteiger partial charge in [0, 0.05) is 34.7 Å².